The van der Waals surface area contributed by atoms with Crippen molar-refractivity contribution in [3.05, 3.63) is 46.0 Å². The molecule has 0 N–H and O–H groups in total. The highest BCUT2D eigenvalue weighted by atomic mass is 35.5. The van der Waals surface area contributed by atoms with Crippen LogP contribution in [0.2, 0.25) is 10.0 Å². The minimum atomic E-state index is -0.810. The molecular formula is C19H15Cl2NO5. The number of likely N-dealkylation sites (tertiary alicyclic amines) is 1. The first kappa shape index (κ1) is 18.2. The molecule has 0 radical (unpaired) electrons. The van der Waals surface area contributed by atoms with Gasteiger partial charge in [-0.1, -0.05) is 35.4 Å². The average Bonchev–Trinajstić information content (AvgIpc) is 3.30. The number of allylic oxidation sites excluding steroid dienone is 2. The van der Waals surface area contributed by atoms with Gasteiger partial charge < -0.3 is 4.74 Å². The monoisotopic (exact) mass is 407 g/mol. The molecule has 2 bridgehead atoms. The Balaban J connectivity index is 1.35. The highest BCUT2D eigenvalue weighted by Crippen LogP contribution is 2.52. The van der Waals surface area contributed by atoms with Crippen molar-refractivity contribution in [1.82, 2.24) is 4.90 Å². The molecule has 6 nitrogen and oxygen atoms in total. The van der Waals surface area contributed by atoms with E-state index < -0.39 is 24.9 Å². The lowest BCUT2D eigenvalue weighted by molar-refractivity contribution is -0.152. The molecule has 27 heavy (non-hydrogen) atoms. The highest BCUT2D eigenvalue weighted by molar-refractivity contribution is 6.36. The van der Waals surface area contributed by atoms with Crippen molar-refractivity contribution < 1.29 is 23.9 Å². The van der Waals surface area contributed by atoms with Gasteiger partial charge >= 0.3 is 5.97 Å². The molecule has 2 fully saturated rings. The number of ether oxygens (including phenoxy) is 1. The smallest absolute Gasteiger partial charge is 0.326 e. The van der Waals surface area contributed by atoms with E-state index in [1.807, 2.05) is 12.2 Å². The number of imide groups is 1. The van der Waals surface area contributed by atoms with Crippen LogP contribution in [0.25, 0.3) is 0 Å². The van der Waals surface area contributed by atoms with Gasteiger partial charge in [-0.25, -0.2) is 0 Å². The van der Waals surface area contributed by atoms with Crippen LogP contribution in [0.3, 0.4) is 0 Å². The molecule has 1 aromatic rings. The van der Waals surface area contributed by atoms with Crippen molar-refractivity contribution in [2.75, 3.05) is 13.2 Å². The Bertz CT molecular complexity index is 866. The molecular weight excluding hydrogens is 393 g/mol. The number of nitrogens with zero attached hydrogens (tertiary/aromatic N) is 1. The Morgan fingerprint density at radius 3 is 2.30 bits per heavy atom. The van der Waals surface area contributed by atoms with Gasteiger partial charge in [0.1, 0.15) is 6.54 Å². The van der Waals surface area contributed by atoms with Crippen LogP contribution in [-0.2, 0) is 19.1 Å². The summed E-state index contributed by atoms with van der Waals surface area (Å²) in [5, 5.41) is 0.540. The fourth-order valence-corrected chi connectivity index (χ4v) is 4.75. The normalized spacial score (nSPS) is 28.0. The van der Waals surface area contributed by atoms with Gasteiger partial charge in [-0.15, -0.1) is 0 Å². The lowest BCUT2D eigenvalue weighted by Gasteiger charge is -2.16. The van der Waals surface area contributed by atoms with Crippen LogP contribution in [0.4, 0.5) is 0 Å². The molecule has 1 heterocycles. The predicted molar refractivity (Wildman–Crippen MR) is 96.2 cm³/mol. The summed E-state index contributed by atoms with van der Waals surface area (Å²) in [4.78, 5) is 50.2. The van der Waals surface area contributed by atoms with E-state index in [1.165, 1.54) is 18.2 Å². The van der Waals surface area contributed by atoms with Crippen molar-refractivity contribution in [1.29, 1.82) is 0 Å². The van der Waals surface area contributed by atoms with E-state index in [-0.39, 0.29) is 46.1 Å². The number of carbonyl (C=O) groups is 4. The molecule has 1 aromatic carbocycles. The van der Waals surface area contributed by atoms with E-state index in [4.69, 9.17) is 27.9 Å². The number of halogens is 2. The second-order valence-corrected chi connectivity index (χ2v) is 7.81. The Morgan fingerprint density at radius 2 is 1.70 bits per heavy atom. The van der Waals surface area contributed by atoms with Crippen LogP contribution < -0.4 is 0 Å². The molecule has 8 heteroatoms. The Kier molecular flexibility index (Phi) is 4.56. The number of carbonyl (C=O) groups excluding carboxylic acids is 4. The minimum Gasteiger partial charge on any atom is -0.456 e. The summed E-state index contributed by atoms with van der Waals surface area (Å²) in [7, 11) is 0. The summed E-state index contributed by atoms with van der Waals surface area (Å²) in [6.07, 6.45) is 4.78. The Hall–Kier alpha value is -2.18. The first-order chi connectivity index (χ1) is 12.9. The first-order valence-corrected chi connectivity index (χ1v) is 9.30. The fourth-order valence-electron chi connectivity index (χ4n) is 4.23. The molecule has 1 saturated heterocycles. The second-order valence-electron chi connectivity index (χ2n) is 6.97. The molecule has 4 unspecified atom stereocenters. The van der Waals surface area contributed by atoms with E-state index in [0.29, 0.717) is 5.02 Å². The van der Waals surface area contributed by atoms with E-state index in [0.717, 1.165) is 11.3 Å². The molecule has 0 aromatic heterocycles. The van der Waals surface area contributed by atoms with Gasteiger partial charge in [0.05, 0.1) is 16.9 Å². The van der Waals surface area contributed by atoms with Crippen LogP contribution in [0.15, 0.2) is 30.4 Å². The summed E-state index contributed by atoms with van der Waals surface area (Å²) >= 11 is 11.7. The van der Waals surface area contributed by atoms with E-state index in [1.54, 1.807) is 0 Å². The average molecular weight is 408 g/mol. The molecule has 1 saturated carbocycles. The summed E-state index contributed by atoms with van der Waals surface area (Å²) < 4.78 is 4.95. The number of fused-ring (bicyclic) bond motifs is 5. The van der Waals surface area contributed by atoms with Crippen LogP contribution >= 0.6 is 23.2 Å². The van der Waals surface area contributed by atoms with Crippen molar-refractivity contribution in [3.8, 4) is 0 Å². The third-order valence-electron chi connectivity index (χ3n) is 5.44. The number of esters is 1. The number of rotatable bonds is 5. The lowest BCUT2D eigenvalue weighted by atomic mass is 9.85. The zero-order valence-electron chi connectivity index (χ0n) is 14.1. The van der Waals surface area contributed by atoms with Crippen LogP contribution in [0, 0.1) is 23.7 Å². The standard InChI is InChI=1S/C19H15Cl2NO5/c20-11-3-4-12(13(21)6-11)14(23)8-27-15(24)7-22-18(25)16-9-1-2-10(5-9)17(16)19(22)26/h1-4,6,9-10,16-17H,5,7-8H2. The van der Waals surface area contributed by atoms with Gasteiger partial charge in [0.15, 0.2) is 6.61 Å². The van der Waals surface area contributed by atoms with Crippen molar-refractivity contribution in [2.45, 2.75) is 6.42 Å². The topological polar surface area (TPSA) is 80.8 Å². The maximum atomic E-state index is 12.5. The van der Waals surface area contributed by atoms with Crippen molar-refractivity contribution in [3.63, 3.8) is 0 Å². The zero-order valence-corrected chi connectivity index (χ0v) is 15.6. The Labute approximate surface area is 165 Å². The van der Waals surface area contributed by atoms with Crippen molar-refractivity contribution in [2.24, 2.45) is 23.7 Å². The lowest BCUT2D eigenvalue weighted by Crippen LogP contribution is -2.38. The maximum absolute atomic E-state index is 12.5. The molecule has 0 spiro atoms. The zero-order chi connectivity index (χ0) is 19.3. The van der Waals surface area contributed by atoms with E-state index in [9.17, 15) is 19.2 Å². The number of hydrogen-bond donors (Lipinski definition) is 0. The maximum Gasteiger partial charge on any atom is 0.326 e. The second kappa shape index (κ2) is 6.77. The summed E-state index contributed by atoms with van der Waals surface area (Å²) in [5.74, 6) is -2.54. The third-order valence-corrected chi connectivity index (χ3v) is 5.99. The summed E-state index contributed by atoms with van der Waals surface area (Å²) in [6, 6.07) is 4.37. The largest absolute Gasteiger partial charge is 0.456 e. The SMILES string of the molecule is O=C(CN1C(=O)C2C3C=CC(C3)C2C1=O)OCC(=O)c1ccc(Cl)cc1Cl. The number of amides is 2. The molecule has 2 aliphatic carbocycles. The third kappa shape index (κ3) is 3.07. The molecule has 1 aliphatic heterocycles. The molecule has 2 amide bonds. The quantitative estimate of drug-likeness (QED) is 0.324. The van der Waals surface area contributed by atoms with Gasteiger partial charge in [-0.05, 0) is 36.5 Å². The summed E-state index contributed by atoms with van der Waals surface area (Å²) in [5.41, 5.74) is 0.180. The van der Waals surface area contributed by atoms with Crippen molar-refractivity contribution >= 4 is 46.8 Å². The number of hydrogen-bond acceptors (Lipinski definition) is 5. The number of Topliss-reactive ketones (excluding diaryl/α,β-unsaturated/α-hetero) is 1. The van der Waals surface area contributed by atoms with Gasteiger partial charge in [-0.3, -0.25) is 24.1 Å². The minimum absolute atomic E-state index is 0.0751. The van der Waals surface area contributed by atoms with Gasteiger partial charge in [-0.2, -0.15) is 0 Å². The molecule has 3 aliphatic rings. The summed E-state index contributed by atoms with van der Waals surface area (Å²) in [6.45, 7) is -1.01. The number of benzene rings is 1. The first-order valence-electron chi connectivity index (χ1n) is 8.54. The van der Waals surface area contributed by atoms with Crippen LogP contribution in [0.1, 0.15) is 16.8 Å². The van der Waals surface area contributed by atoms with Crippen LogP contribution in [-0.4, -0.2) is 41.6 Å². The molecule has 4 atom stereocenters. The Morgan fingerprint density at radius 1 is 1.07 bits per heavy atom. The van der Waals surface area contributed by atoms with Gasteiger partial charge in [0.2, 0.25) is 17.6 Å². The molecule has 140 valence electrons. The predicted octanol–water partition coefficient (Wildman–Crippen LogP) is 2.53. The van der Waals surface area contributed by atoms with Gasteiger partial charge in [0.25, 0.3) is 0 Å². The van der Waals surface area contributed by atoms with E-state index in [2.05, 4.69) is 0 Å². The number of ketones is 1. The fraction of sp³-hybridized carbons (Fsp3) is 0.368. The van der Waals surface area contributed by atoms with E-state index >= 15 is 0 Å². The highest BCUT2D eigenvalue weighted by Gasteiger charge is 2.59. The van der Waals surface area contributed by atoms with Gasteiger partial charge in [0, 0.05) is 10.6 Å². The molecule has 4 rings (SSSR count). The van der Waals surface area contributed by atoms with Crippen LogP contribution in [0.5, 0.6) is 0 Å².